The number of aryl methyl sites for hydroxylation is 1. The van der Waals surface area contributed by atoms with Gasteiger partial charge in [0.2, 0.25) is 5.91 Å². The van der Waals surface area contributed by atoms with Crippen LogP contribution >= 0.6 is 11.8 Å². The monoisotopic (exact) mass is 438 g/mol. The lowest BCUT2D eigenvalue weighted by molar-refractivity contribution is -0.113. The molecule has 7 nitrogen and oxygen atoms in total. The van der Waals surface area contributed by atoms with Crippen molar-refractivity contribution in [3.8, 4) is 11.4 Å². The van der Waals surface area contributed by atoms with E-state index in [1.54, 1.807) is 0 Å². The molecule has 0 bridgehead atoms. The molecule has 2 aromatic heterocycles. The molecule has 0 saturated carbocycles. The van der Waals surface area contributed by atoms with Crippen LogP contribution in [0.2, 0.25) is 0 Å². The first kappa shape index (κ1) is 22.8. The first-order valence-corrected chi connectivity index (χ1v) is 11.7. The van der Waals surface area contributed by atoms with Crippen LogP contribution in [0.1, 0.15) is 33.3 Å². The third kappa shape index (κ3) is 5.64. The number of aromatic nitrogens is 4. The summed E-state index contributed by atoms with van der Waals surface area (Å²) in [6.45, 7) is 10.9. The second-order valence-corrected chi connectivity index (χ2v) is 7.96. The van der Waals surface area contributed by atoms with Crippen molar-refractivity contribution in [1.82, 2.24) is 19.7 Å². The average molecular weight is 439 g/mol. The van der Waals surface area contributed by atoms with E-state index < -0.39 is 0 Å². The molecular weight excluding hydrogens is 408 g/mol. The Kier molecular flexibility index (Phi) is 8.06. The third-order valence-corrected chi connectivity index (χ3v) is 6.07. The van der Waals surface area contributed by atoms with Gasteiger partial charge in [-0.2, -0.15) is 0 Å². The number of anilines is 2. The van der Waals surface area contributed by atoms with Crippen LogP contribution in [0.4, 0.5) is 11.5 Å². The highest BCUT2D eigenvalue weighted by atomic mass is 32.2. The fraction of sp³-hybridized carbons (Fsp3) is 0.391. The van der Waals surface area contributed by atoms with Gasteiger partial charge in [-0.1, -0.05) is 30.8 Å². The van der Waals surface area contributed by atoms with Gasteiger partial charge >= 0.3 is 0 Å². The molecule has 0 radical (unpaired) electrons. The van der Waals surface area contributed by atoms with E-state index in [0.29, 0.717) is 6.54 Å². The number of amides is 1. The maximum atomic E-state index is 12.4. The van der Waals surface area contributed by atoms with E-state index in [1.165, 1.54) is 17.3 Å². The van der Waals surface area contributed by atoms with Gasteiger partial charge in [-0.15, -0.1) is 10.2 Å². The minimum atomic E-state index is -0.0609. The molecule has 1 N–H and O–H groups in total. The quantitative estimate of drug-likeness (QED) is 0.470. The summed E-state index contributed by atoms with van der Waals surface area (Å²) in [5, 5.41) is 12.4. The van der Waals surface area contributed by atoms with Gasteiger partial charge in [0.25, 0.3) is 0 Å². The van der Waals surface area contributed by atoms with Crippen molar-refractivity contribution in [2.24, 2.45) is 0 Å². The lowest BCUT2D eigenvalue weighted by Gasteiger charge is -2.20. The van der Waals surface area contributed by atoms with Gasteiger partial charge in [-0.3, -0.25) is 4.79 Å². The topological polar surface area (TPSA) is 75.9 Å². The molecule has 3 rings (SSSR count). The molecule has 0 aliphatic heterocycles. The largest absolute Gasteiger partial charge is 0.357 e. The molecule has 164 valence electrons. The smallest absolute Gasteiger partial charge is 0.234 e. The van der Waals surface area contributed by atoms with Crippen LogP contribution in [-0.2, 0) is 17.8 Å². The molecule has 31 heavy (non-hydrogen) atoms. The van der Waals surface area contributed by atoms with Crippen molar-refractivity contribution < 1.29 is 4.79 Å². The van der Waals surface area contributed by atoms with Gasteiger partial charge in [0.1, 0.15) is 5.82 Å². The molecule has 2 heterocycles. The van der Waals surface area contributed by atoms with Gasteiger partial charge in [0, 0.05) is 37.1 Å². The van der Waals surface area contributed by atoms with Crippen molar-refractivity contribution in [3.63, 3.8) is 0 Å². The Morgan fingerprint density at radius 1 is 1.06 bits per heavy atom. The van der Waals surface area contributed by atoms with Crippen LogP contribution in [-0.4, -0.2) is 44.5 Å². The summed E-state index contributed by atoms with van der Waals surface area (Å²) in [6, 6.07) is 11.9. The molecule has 1 amide bonds. The van der Waals surface area contributed by atoms with E-state index in [1.807, 2.05) is 47.2 Å². The Hall–Kier alpha value is -2.87. The second-order valence-electron chi connectivity index (χ2n) is 7.01. The highest BCUT2D eigenvalue weighted by Gasteiger charge is 2.16. The Labute approximate surface area is 188 Å². The number of hydrogen-bond acceptors (Lipinski definition) is 6. The summed E-state index contributed by atoms with van der Waals surface area (Å²) in [6.07, 6.45) is 2.79. The fourth-order valence-corrected chi connectivity index (χ4v) is 4.13. The van der Waals surface area contributed by atoms with Gasteiger partial charge in [0.15, 0.2) is 11.0 Å². The standard InChI is InChI=1S/C23H30N6OS/c1-5-17-9-11-19(12-10-17)25-21(30)16-31-23-27-26-22(29(23)8-4)18-13-14-24-20(15-18)28(6-2)7-3/h9-15H,5-8,16H2,1-4H3,(H,25,30). The van der Waals surface area contributed by atoms with Crippen LogP contribution < -0.4 is 10.2 Å². The van der Waals surface area contributed by atoms with E-state index in [0.717, 1.165) is 47.6 Å². The molecule has 0 aliphatic rings. The van der Waals surface area contributed by atoms with E-state index in [-0.39, 0.29) is 11.7 Å². The minimum Gasteiger partial charge on any atom is -0.357 e. The average Bonchev–Trinajstić information content (AvgIpc) is 3.22. The molecule has 0 aliphatic carbocycles. The maximum absolute atomic E-state index is 12.4. The SMILES string of the molecule is CCc1ccc(NC(=O)CSc2nnc(-c3ccnc(N(CC)CC)c3)n2CC)cc1. The molecule has 0 spiro atoms. The summed E-state index contributed by atoms with van der Waals surface area (Å²) in [5.74, 6) is 1.93. The summed E-state index contributed by atoms with van der Waals surface area (Å²) >= 11 is 1.39. The second kappa shape index (κ2) is 10.9. The van der Waals surface area contributed by atoms with Crippen molar-refractivity contribution >= 4 is 29.2 Å². The molecule has 0 unspecified atom stereocenters. The normalized spacial score (nSPS) is 10.8. The zero-order valence-electron chi connectivity index (χ0n) is 18.6. The van der Waals surface area contributed by atoms with Gasteiger partial charge in [0.05, 0.1) is 5.75 Å². The van der Waals surface area contributed by atoms with Gasteiger partial charge in [-0.25, -0.2) is 4.98 Å². The highest BCUT2D eigenvalue weighted by molar-refractivity contribution is 7.99. The molecule has 0 atom stereocenters. The predicted octanol–water partition coefficient (Wildman–Crippen LogP) is 4.50. The van der Waals surface area contributed by atoms with Crippen LogP contribution in [0.15, 0.2) is 47.8 Å². The number of rotatable bonds is 10. The molecule has 8 heteroatoms. The number of hydrogen-bond donors (Lipinski definition) is 1. The predicted molar refractivity (Wildman–Crippen MR) is 128 cm³/mol. The number of pyridine rings is 1. The lowest BCUT2D eigenvalue weighted by Crippen LogP contribution is -2.22. The molecule has 3 aromatic rings. The van der Waals surface area contributed by atoms with Gasteiger partial charge < -0.3 is 14.8 Å². The zero-order valence-corrected chi connectivity index (χ0v) is 19.4. The Morgan fingerprint density at radius 2 is 1.81 bits per heavy atom. The third-order valence-electron chi connectivity index (χ3n) is 5.10. The van der Waals surface area contributed by atoms with Crippen LogP contribution in [0.5, 0.6) is 0 Å². The highest BCUT2D eigenvalue weighted by Crippen LogP contribution is 2.26. The maximum Gasteiger partial charge on any atom is 0.234 e. The first-order valence-electron chi connectivity index (χ1n) is 10.8. The number of carbonyl (C=O) groups excluding carboxylic acids is 1. The Balaban J connectivity index is 1.70. The van der Waals surface area contributed by atoms with Gasteiger partial charge in [-0.05, 0) is 57.0 Å². The summed E-state index contributed by atoms with van der Waals surface area (Å²) < 4.78 is 2.04. The molecular formula is C23H30N6OS. The number of nitrogens with zero attached hydrogens (tertiary/aromatic N) is 5. The molecule has 0 saturated heterocycles. The zero-order chi connectivity index (χ0) is 22.2. The Morgan fingerprint density at radius 3 is 2.45 bits per heavy atom. The van der Waals surface area contributed by atoms with Crippen molar-refractivity contribution in [2.45, 2.75) is 45.8 Å². The van der Waals surface area contributed by atoms with Crippen molar-refractivity contribution in [2.75, 3.05) is 29.1 Å². The van der Waals surface area contributed by atoms with E-state index >= 15 is 0 Å². The van der Waals surface area contributed by atoms with Crippen molar-refractivity contribution in [1.29, 1.82) is 0 Å². The van der Waals surface area contributed by atoms with Crippen LogP contribution in [0.3, 0.4) is 0 Å². The number of carbonyl (C=O) groups is 1. The number of benzene rings is 1. The van der Waals surface area contributed by atoms with Crippen LogP contribution in [0.25, 0.3) is 11.4 Å². The van der Waals surface area contributed by atoms with E-state index in [9.17, 15) is 4.79 Å². The number of thioether (sulfide) groups is 1. The first-order chi connectivity index (χ1) is 15.1. The van der Waals surface area contributed by atoms with E-state index in [4.69, 9.17) is 0 Å². The summed E-state index contributed by atoms with van der Waals surface area (Å²) in [5.41, 5.74) is 3.02. The minimum absolute atomic E-state index is 0.0609. The molecule has 1 aromatic carbocycles. The van der Waals surface area contributed by atoms with E-state index in [2.05, 4.69) is 53.1 Å². The summed E-state index contributed by atoms with van der Waals surface area (Å²) in [4.78, 5) is 19.1. The summed E-state index contributed by atoms with van der Waals surface area (Å²) in [7, 11) is 0. The fourth-order valence-electron chi connectivity index (χ4n) is 3.32. The Bertz CT molecular complexity index is 998. The number of nitrogens with one attached hydrogen (secondary N) is 1. The van der Waals surface area contributed by atoms with Crippen molar-refractivity contribution in [3.05, 3.63) is 48.2 Å². The van der Waals surface area contributed by atoms with Crippen LogP contribution in [0, 0.1) is 0 Å². The lowest BCUT2D eigenvalue weighted by atomic mass is 10.1. The molecule has 0 fully saturated rings.